The van der Waals surface area contributed by atoms with Crippen LogP contribution in [0.1, 0.15) is 49.4 Å². The summed E-state index contributed by atoms with van der Waals surface area (Å²) in [5.41, 5.74) is 6.62. The number of esters is 1. The summed E-state index contributed by atoms with van der Waals surface area (Å²) in [5, 5.41) is 0. The lowest BCUT2D eigenvalue weighted by atomic mass is 10.1. The lowest BCUT2D eigenvalue weighted by Gasteiger charge is -2.07. The molecular weight excluding hydrogens is 294 g/mol. The fraction of sp³-hybridized carbons (Fsp3) is 0.500. The number of carbonyl (C=O) groups is 1. The first kappa shape index (κ1) is 15.0. The van der Waals surface area contributed by atoms with Crippen molar-refractivity contribution in [3.05, 3.63) is 28.2 Å². The average Bonchev–Trinajstić information content (AvgIpc) is 2.36. The van der Waals surface area contributed by atoms with Crippen LogP contribution in [0.4, 0.5) is 5.69 Å². The van der Waals surface area contributed by atoms with Crippen LogP contribution in [0.3, 0.4) is 0 Å². The zero-order valence-electron chi connectivity index (χ0n) is 10.7. The number of hydrogen-bond acceptors (Lipinski definition) is 3. The lowest BCUT2D eigenvalue weighted by Crippen LogP contribution is -2.09. The van der Waals surface area contributed by atoms with Crippen molar-refractivity contribution in [2.75, 3.05) is 12.3 Å². The van der Waals surface area contributed by atoms with E-state index in [9.17, 15) is 4.79 Å². The molecule has 0 amide bonds. The highest BCUT2D eigenvalue weighted by atomic mass is 79.9. The van der Waals surface area contributed by atoms with E-state index in [0.29, 0.717) is 17.9 Å². The van der Waals surface area contributed by atoms with Gasteiger partial charge in [-0.05, 0) is 24.6 Å². The van der Waals surface area contributed by atoms with Crippen LogP contribution in [0, 0.1) is 0 Å². The molecule has 18 heavy (non-hydrogen) atoms. The van der Waals surface area contributed by atoms with Crippen molar-refractivity contribution in [2.24, 2.45) is 0 Å². The summed E-state index contributed by atoms with van der Waals surface area (Å²) in [6.07, 6.45) is 5.68. The molecule has 0 radical (unpaired) electrons. The molecule has 0 atom stereocenters. The topological polar surface area (TPSA) is 52.3 Å². The molecule has 0 saturated carbocycles. The molecule has 0 spiro atoms. The summed E-state index contributed by atoms with van der Waals surface area (Å²) < 4.78 is 6.03. The normalized spacial score (nSPS) is 10.3. The number of benzene rings is 1. The van der Waals surface area contributed by atoms with E-state index < -0.39 is 0 Å². The highest BCUT2D eigenvalue weighted by molar-refractivity contribution is 9.10. The Hall–Kier alpha value is -1.03. The number of hydrogen-bond donors (Lipinski definition) is 1. The minimum absolute atomic E-state index is 0.343. The second-order valence-corrected chi connectivity index (χ2v) is 5.20. The number of rotatable bonds is 7. The molecule has 0 heterocycles. The zero-order valence-corrected chi connectivity index (χ0v) is 12.3. The van der Waals surface area contributed by atoms with Gasteiger partial charge < -0.3 is 10.5 Å². The van der Waals surface area contributed by atoms with Crippen molar-refractivity contribution < 1.29 is 9.53 Å². The summed E-state index contributed by atoms with van der Waals surface area (Å²) in [5.74, 6) is -0.343. The smallest absolute Gasteiger partial charge is 0.340 e. The first-order valence-corrected chi connectivity index (χ1v) is 7.16. The van der Waals surface area contributed by atoms with Crippen LogP contribution >= 0.6 is 15.9 Å². The molecule has 0 aliphatic heterocycles. The first-order valence-electron chi connectivity index (χ1n) is 6.37. The van der Waals surface area contributed by atoms with Crippen molar-refractivity contribution in [2.45, 2.75) is 39.0 Å². The van der Waals surface area contributed by atoms with Crippen LogP contribution in [0.15, 0.2) is 22.7 Å². The number of nitrogens with two attached hydrogens (primary N) is 1. The van der Waals surface area contributed by atoms with Crippen LogP contribution in [0.25, 0.3) is 0 Å². The van der Waals surface area contributed by atoms with Gasteiger partial charge in [0.2, 0.25) is 0 Å². The van der Waals surface area contributed by atoms with Gasteiger partial charge in [0.05, 0.1) is 12.2 Å². The van der Waals surface area contributed by atoms with Gasteiger partial charge in [-0.1, -0.05) is 48.5 Å². The first-order chi connectivity index (χ1) is 8.65. The largest absolute Gasteiger partial charge is 0.462 e. The van der Waals surface area contributed by atoms with Gasteiger partial charge in [-0.2, -0.15) is 0 Å². The Morgan fingerprint density at radius 3 is 2.72 bits per heavy atom. The standard InChI is InChI=1S/C14H20BrNO2/c1-2-3-4-5-6-9-18-14(17)12-10-11(15)7-8-13(12)16/h7-8,10H,2-6,9,16H2,1H3. The van der Waals surface area contributed by atoms with Gasteiger partial charge >= 0.3 is 5.97 Å². The van der Waals surface area contributed by atoms with E-state index in [-0.39, 0.29) is 5.97 Å². The van der Waals surface area contributed by atoms with E-state index in [1.807, 2.05) is 0 Å². The molecule has 0 bridgehead atoms. The Morgan fingerprint density at radius 1 is 1.28 bits per heavy atom. The van der Waals surface area contributed by atoms with Crippen LogP contribution < -0.4 is 5.73 Å². The molecule has 2 N–H and O–H groups in total. The molecule has 0 unspecified atom stereocenters. The molecule has 0 fully saturated rings. The molecule has 0 aliphatic carbocycles. The van der Waals surface area contributed by atoms with Crippen LogP contribution in [-0.2, 0) is 4.74 Å². The van der Waals surface area contributed by atoms with Gasteiger partial charge in [-0.15, -0.1) is 0 Å². The zero-order chi connectivity index (χ0) is 13.4. The molecule has 4 heteroatoms. The Morgan fingerprint density at radius 2 is 2.00 bits per heavy atom. The van der Waals surface area contributed by atoms with E-state index in [2.05, 4.69) is 22.9 Å². The maximum Gasteiger partial charge on any atom is 0.340 e. The minimum atomic E-state index is -0.343. The lowest BCUT2D eigenvalue weighted by molar-refractivity contribution is 0.0499. The molecular formula is C14H20BrNO2. The quantitative estimate of drug-likeness (QED) is 0.467. The van der Waals surface area contributed by atoms with Gasteiger partial charge in [-0.25, -0.2) is 4.79 Å². The number of ether oxygens (including phenoxy) is 1. The van der Waals surface area contributed by atoms with Crippen LogP contribution in [0.5, 0.6) is 0 Å². The van der Waals surface area contributed by atoms with Crippen molar-refractivity contribution in [1.82, 2.24) is 0 Å². The maximum atomic E-state index is 11.8. The van der Waals surface area contributed by atoms with Crippen molar-refractivity contribution in [3.8, 4) is 0 Å². The summed E-state index contributed by atoms with van der Waals surface area (Å²) in [6, 6.07) is 5.19. The van der Waals surface area contributed by atoms with Crippen molar-refractivity contribution >= 4 is 27.6 Å². The Bertz CT molecular complexity index is 393. The maximum absolute atomic E-state index is 11.8. The Kier molecular flexibility index (Phi) is 6.80. The SMILES string of the molecule is CCCCCCCOC(=O)c1cc(Br)ccc1N. The molecule has 1 rings (SSSR count). The third kappa shape index (κ3) is 5.08. The highest BCUT2D eigenvalue weighted by Gasteiger charge is 2.11. The number of halogens is 1. The fourth-order valence-corrected chi connectivity index (χ4v) is 2.01. The molecule has 1 aromatic carbocycles. The van der Waals surface area contributed by atoms with E-state index in [4.69, 9.17) is 10.5 Å². The van der Waals surface area contributed by atoms with E-state index in [1.54, 1.807) is 18.2 Å². The molecule has 3 nitrogen and oxygen atoms in total. The van der Waals surface area contributed by atoms with Gasteiger partial charge in [0.1, 0.15) is 0 Å². The molecule has 100 valence electrons. The summed E-state index contributed by atoms with van der Waals surface area (Å²) in [7, 11) is 0. The average molecular weight is 314 g/mol. The van der Waals surface area contributed by atoms with Crippen LogP contribution in [0.2, 0.25) is 0 Å². The third-order valence-corrected chi connectivity index (χ3v) is 3.21. The number of unbranched alkanes of at least 4 members (excludes halogenated alkanes) is 4. The minimum Gasteiger partial charge on any atom is -0.462 e. The number of anilines is 1. The van der Waals surface area contributed by atoms with Crippen molar-refractivity contribution in [3.63, 3.8) is 0 Å². The number of nitrogen functional groups attached to an aromatic ring is 1. The molecule has 0 saturated heterocycles. The Labute approximate surface area is 117 Å². The predicted octanol–water partition coefficient (Wildman–Crippen LogP) is 4.16. The van der Waals surface area contributed by atoms with Gasteiger partial charge in [0.25, 0.3) is 0 Å². The summed E-state index contributed by atoms with van der Waals surface area (Å²) in [6.45, 7) is 2.64. The second-order valence-electron chi connectivity index (χ2n) is 4.28. The second kappa shape index (κ2) is 8.14. The molecule has 0 aliphatic rings. The fourth-order valence-electron chi connectivity index (χ4n) is 1.65. The summed E-state index contributed by atoms with van der Waals surface area (Å²) in [4.78, 5) is 11.8. The van der Waals surface area contributed by atoms with E-state index in [1.165, 1.54) is 19.3 Å². The summed E-state index contributed by atoms with van der Waals surface area (Å²) >= 11 is 3.31. The van der Waals surface area contributed by atoms with Gasteiger partial charge in [0, 0.05) is 10.2 Å². The van der Waals surface area contributed by atoms with Gasteiger partial charge in [-0.3, -0.25) is 0 Å². The van der Waals surface area contributed by atoms with Crippen molar-refractivity contribution in [1.29, 1.82) is 0 Å². The van der Waals surface area contributed by atoms with E-state index in [0.717, 1.165) is 17.3 Å². The van der Waals surface area contributed by atoms with E-state index >= 15 is 0 Å². The number of carbonyl (C=O) groups excluding carboxylic acids is 1. The molecule has 1 aromatic rings. The predicted molar refractivity (Wildman–Crippen MR) is 77.6 cm³/mol. The highest BCUT2D eigenvalue weighted by Crippen LogP contribution is 2.19. The monoisotopic (exact) mass is 313 g/mol. The molecule has 0 aromatic heterocycles. The van der Waals surface area contributed by atoms with Gasteiger partial charge in [0.15, 0.2) is 0 Å². The third-order valence-electron chi connectivity index (χ3n) is 2.72. The van der Waals surface area contributed by atoms with Crippen LogP contribution in [-0.4, -0.2) is 12.6 Å². The Balaban J connectivity index is 2.34.